The SMILES string of the molecule is CC/C=C\C/C=C\C/C=C\CCCCCCCCCC(=O)OCC(COP(=O)(O)OCC(O)COP(=O)(O)OCC(COC(=O)CCCCCCC/C=C\C/C=C\CCC)OC(=O)CCCCCCCCCCCCC)OC(=O)CCCCCCC/C=C\C/C=C\CCCCC. The summed E-state index contributed by atoms with van der Waals surface area (Å²) in [7, 11) is -9.94. The van der Waals surface area contributed by atoms with Crippen LogP contribution in [-0.4, -0.2) is 96.7 Å². The first kappa shape index (κ1) is 92.2. The highest BCUT2D eigenvalue weighted by molar-refractivity contribution is 7.47. The maximum atomic E-state index is 13.1. The van der Waals surface area contributed by atoms with Gasteiger partial charge in [-0.05, 0) is 116 Å². The fourth-order valence-electron chi connectivity index (χ4n) is 10.1. The lowest BCUT2D eigenvalue weighted by atomic mass is 10.1. The molecule has 5 atom stereocenters. The molecule has 0 bridgehead atoms. The van der Waals surface area contributed by atoms with Gasteiger partial charge in [0, 0.05) is 25.7 Å². The zero-order valence-electron chi connectivity index (χ0n) is 60.5. The van der Waals surface area contributed by atoms with Gasteiger partial charge in [0.2, 0.25) is 0 Å². The molecule has 0 rings (SSSR count). The second kappa shape index (κ2) is 69.7. The van der Waals surface area contributed by atoms with Crippen molar-refractivity contribution in [3.63, 3.8) is 0 Å². The van der Waals surface area contributed by atoms with Crippen LogP contribution in [0.25, 0.3) is 0 Å². The molecule has 0 aliphatic rings. The van der Waals surface area contributed by atoms with E-state index in [0.29, 0.717) is 25.7 Å². The van der Waals surface area contributed by atoms with E-state index >= 15 is 0 Å². The number of carbonyl (C=O) groups is 4. The van der Waals surface area contributed by atoms with E-state index in [-0.39, 0.29) is 25.7 Å². The lowest BCUT2D eigenvalue weighted by Gasteiger charge is -2.21. The van der Waals surface area contributed by atoms with Gasteiger partial charge in [-0.1, -0.05) is 267 Å². The molecule has 0 heterocycles. The number of aliphatic hydroxyl groups is 1. The Balaban J connectivity index is 5.33. The lowest BCUT2D eigenvalue weighted by molar-refractivity contribution is -0.161. The van der Waals surface area contributed by atoms with Crippen molar-refractivity contribution in [3.05, 3.63) is 85.1 Å². The van der Waals surface area contributed by atoms with E-state index in [1.54, 1.807) is 0 Å². The number of hydrogen-bond donors (Lipinski definition) is 3. The largest absolute Gasteiger partial charge is 0.472 e. The second-order valence-corrected chi connectivity index (χ2v) is 28.1. The van der Waals surface area contributed by atoms with Gasteiger partial charge in [-0.2, -0.15) is 0 Å². The van der Waals surface area contributed by atoms with Crippen LogP contribution < -0.4 is 0 Å². The molecule has 19 heteroatoms. The topological polar surface area (TPSA) is 237 Å². The molecule has 0 saturated carbocycles. The number of phosphoric ester groups is 2. The Bertz CT molecular complexity index is 2160. The molecule has 3 N–H and O–H groups in total. The van der Waals surface area contributed by atoms with E-state index in [0.717, 1.165) is 186 Å². The molecule has 0 spiro atoms. The molecule has 0 saturated heterocycles. The third-order valence-electron chi connectivity index (χ3n) is 15.8. The summed E-state index contributed by atoms with van der Waals surface area (Å²) < 4.78 is 68.4. The van der Waals surface area contributed by atoms with Crippen LogP contribution in [0.2, 0.25) is 0 Å². The van der Waals surface area contributed by atoms with Crippen LogP contribution in [0, 0.1) is 0 Å². The molecule has 0 aromatic heterocycles. The first-order chi connectivity index (χ1) is 46.7. The Labute approximate surface area is 583 Å². The average Bonchev–Trinajstić information content (AvgIpc) is 2.18. The van der Waals surface area contributed by atoms with Gasteiger partial charge in [0.05, 0.1) is 26.4 Å². The van der Waals surface area contributed by atoms with Crippen molar-refractivity contribution in [1.29, 1.82) is 0 Å². The summed E-state index contributed by atoms with van der Waals surface area (Å²) in [6.07, 6.45) is 70.0. The summed E-state index contributed by atoms with van der Waals surface area (Å²) in [5, 5.41) is 10.6. The van der Waals surface area contributed by atoms with Crippen molar-refractivity contribution in [2.24, 2.45) is 0 Å². The van der Waals surface area contributed by atoms with Crippen LogP contribution >= 0.6 is 15.6 Å². The number of aliphatic hydroxyl groups excluding tert-OH is 1. The number of unbranched alkanes of at least 4 members (excludes halogenated alkanes) is 31. The first-order valence-corrected chi connectivity index (χ1v) is 40.8. The summed E-state index contributed by atoms with van der Waals surface area (Å²) in [4.78, 5) is 72.8. The standard InChI is InChI=1S/C77H136O17P2/c1-5-9-13-17-21-25-29-32-34-35-37-39-43-46-50-54-58-62-75(80)88-68-73(94-77(82)64-60-56-52-48-44-40-36-33-30-26-22-18-14-10-6-2)70-92-96(85,86)90-66-71(78)65-89-95(83,84)91-69-72(93-76(81)63-59-55-51-47-41-28-24-20-16-12-8-4)67-87-74(79)61-57-53-49-45-42-38-31-27-23-19-15-11-7-3/h9,13,15,19,21-22,25-27,31-34,36,71-73,78H,5-8,10-12,14,16-18,20,23-24,28-30,35,37-70H2,1-4H3,(H,83,84)(H,85,86)/b13-9-,19-15-,25-21-,26-22-,31-27-,34-32-,36-33-. The normalized spacial score (nSPS) is 14.4. The summed E-state index contributed by atoms with van der Waals surface area (Å²) >= 11 is 0. The molecular weight excluding hydrogens is 1260 g/mol. The van der Waals surface area contributed by atoms with E-state index < -0.39 is 97.5 Å². The van der Waals surface area contributed by atoms with Crippen LogP contribution in [0.15, 0.2) is 85.1 Å². The molecule has 0 aliphatic heterocycles. The van der Waals surface area contributed by atoms with E-state index in [9.17, 15) is 43.2 Å². The third-order valence-corrected chi connectivity index (χ3v) is 17.7. The van der Waals surface area contributed by atoms with E-state index in [1.807, 2.05) is 0 Å². The van der Waals surface area contributed by atoms with Gasteiger partial charge in [0.25, 0.3) is 0 Å². The van der Waals surface area contributed by atoms with Gasteiger partial charge in [0.15, 0.2) is 12.2 Å². The quantitative estimate of drug-likeness (QED) is 0.0169. The smallest absolute Gasteiger partial charge is 0.462 e. The Hall–Kier alpha value is -3.76. The number of carbonyl (C=O) groups excluding carboxylic acids is 4. The fraction of sp³-hybridized carbons (Fsp3) is 0.766. The van der Waals surface area contributed by atoms with Crippen molar-refractivity contribution < 1.29 is 80.2 Å². The third kappa shape index (κ3) is 68.8. The molecule has 0 aliphatic carbocycles. The van der Waals surface area contributed by atoms with Crippen LogP contribution in [0.1, 0.15) is 323 Å². The highest BCUT2D eigenvalue weighted by Gasteiger charge is 2.30. The minimum absolute atomic E-state index is 0.0778. The number of esters is 4. The van der Waals surface area contributed by atoms with Gasteiger partial charge < -0.3 is 33.8 Å². The van der Waals surface area contributed by atoms with E-state index in [4.69, 9.17) is 37.0 Å². The molecule has 5 unspecified atom stereocenters. The molecule has 556 valence electrons. The monoisotopic (exact) mass is 1390 g/mol. The lowest BCUT2D eigenvalue weighted by Crippen LogP contribution is -2.30. The van der Waals surface area contributed by atoms with Crippen LogP contribution in [0.4, 0.5) is 0 Å². The van der Waals surface area contributed by atoms with Crippen LogP contribution in [0.5, 0.6) is 0 Å². The van der Waals surface area contributed by atoms with Gasteiger partial charge in [0.1, 0.15) is 19.3 Å². The maximum absolute atomic E-state index is 13.1. The number of phosphoric acid groups is 2. The Morgan fingerprint density at radius 1 is 0.302 bits per heavy atom. The highest BCUT2D eigenvalue weighted by Crippen LogP contribution is 2.45. The molecule has 0 aromatic carbocycles. The molecule has 0 radical (unpaired) electrons. The van der Waals surface area contributed by atoms with Gasteiger partial charge in [-0.3, -0.25) is 37.3 Å². The zero-order valence-corrected chi connectivity index (χ0v) is 62.3. The summed E-state index contributed by atoms with van der Waals surface area (Å²) in [6.45, 7) is 4.65. The van der Waals surface area contributed by atoms with Crippen molar-refractivity contribution in [1.82, 2.24) is 0 Å². The minimum Gasteiger partial charge on any atom is -0.462 e. The highest BCUT2D eigenvalue weighted by atomic mass is 31.2. The molecule has 0 amide bonds. The van der Waals surface area contributed by atoms with Crippen molar-refractivity contribution in [2.45, 2.75) is 341 Å². The Morgan fingerprint density at radius 3 is 0.896 bits per heavy atom. The summed E-state index contributed by atoms with van der Waals surface area (Å²) in [5.74, 6) is -2.20. The molecule has 96 heavy (non-hydrogen) atoms. The molecule has 0 aromatic rings. The van der Waals surface area contributed by atoms with Crippen molar-refractivity contribution >= 4 is 39.5 Å². The average molecular weight is 1400 g/mol. The van der Waals surface area contributed by atoms with E-state index in [1.165, 1.54) is 57.8 Å². The molecule has 17 nitrogen and oxygen atoms in total. The van der Waals surface area contributed by atoms with Crippen molar-refractivity contribution in [3.8, 4) is 0 Å². The van der Waals surface area contributed by atoms with Crippen LogP contribution in [0.3, 0.4) is 0 Å². The van der Waals surface area contributed by atoms with E-state index in [2.05, 4.69) is 113 Å². The second-order valence-electron chi connectivity index (χ2n) is 25.2. The number of hydrogen-bond acceptors (Lipinski definition) is 15. The minimum atomic E-state index is -4.98. The van der Waals surface area contributed by atoms with Gasteiger partial charge >= 0.3 is 39.5 Å². The fourth-order valence-corrected chi connectivity index (χ4v) is 11.6. The molecular formula is C77H136O17P2. The predicted molar refractivity (Wildman–Crippen MR) is 390 cm³/mol. The first-order valence-electron chi connectivity index (χ1n) is 37.8. The zero-order chi connectivity index (χ0) is 70.4. The van der Waals surface area contributed by atoms with Crippen LogP contribution in [-0.2, 0) is 65.4 Å². The van der Waals surface area contributed by atoms with Gasteiger partial charge in [-0.15, -0.1) is 0 Å². The summed E-state index contributed by atoms with van der Waals surface area (Å²) in [5.41, 5.74) is 0. The number of ether oxygens (including phenoxy) is 4. The Kier molecular flexibility index (Phi) is 67.0. The predicted octanol–water partition coefficient (Wildman–Crippen LogP) is 21.4. The van der Waals surface area contributed by atoms with Crippen molar-refractivity contribution in [2.75, 3.05) is 39.6 Å². The number of allylic oxidation sites excluding steroid dienone is 14. The summed E-state index contributed by atoms with van der Waals surface area (Å²) in [6, 6.07) is 0. The molecule has 0 fully saturated rings. The Morgan fingerprint density at radius 2 is 0.562 bits per heavy atom. The number of rotatable bonds is 71. The maximum Gasteiger partial charge on any atom is 0.472 e. The van der Waals surface area contributed by atoms with Gasteiger partial charge in [-0.25, -0.2) is 9.13 Å².